The van der Waals surface area contributed by atoms with Gasteiger partial charge in [-0.05, 0) is 36.2 Å². The molecule has 0 aliphatic carbocycles. The minimum Gasteiger partial charge on any atom is -0.361 e. The maximum atomic E-state index is 12.2. The zero-order valence-electron chi connectivity index (χ0n) is 12.2. The predicted molar refractivity (Wildman–Crippen MR) is 88.2 cm³/mol. The van der Waals surface area contributed by atoms with E-state index in [9.17, 15) is 4.79 Å². The van der Waals surface area contributed by atoms with Gasteiger partial charge in [-0.3, -0.25) is 4.79 Å². The molecule has 0 bridgehead atoms. The van der Waals surface area contributed by atoms with Crippen LogP contribution < -0.4 is 5.56 Å². The van der Waals surface area contributed by atoms with Gasteiger partial charge < -0.3 is 9.97 Å². The van der Waals surface area contributed by atoms with E-state index in [0.29, 0.717) is 17.6 Å². The van der Waals surface area contributed by atoms with Crippen molar-refractivity contribution in [3.63, 3.8) is 0 Å². The van der Waals surface area contributed by atoms with Crippen molar-refractivity contribution in [2.45, 2.75) is 13.3 Å². The van der Waals surface area contributed by atoms with Crippen molar-refractivity contribution in [1.82, 2.24) is 15.0 Å². The van der Waals surface area contributed by atoms with Gasteiger partial charge in [0, 0.05) is 23.5 Å². The van der Waals surface area contributed by atoms with E-state index in [-0.39, 0.29) is 5.56 Å². The highest BCUT2D eigenvalue weighted by Gasteiger charge is 2.09. The highest BCUT2D eigenvalue weighted by atomic mass is 16.1. The Morgan fingerprint density at radius 2 is 1.95 bits per heavy atom. The lowest BCUT2D eigenvalue weighted by molar-refractivity contribution is 0.977. The Morgan fingerprint density at radius 1 is 1.09 bits per heavy atom. The highest BCUT2D eigenvalue weighted by Crippen LogP contribution is 2.23. The molecule has 0 spiro atoms. The van der Waals surface area contributed by atoms with Crippen LogP contribution in [0, 0.1) is 6.92 Å². The molecule has 0 saturated heterocycles. The van der Waals surface area contributed by atoms with Crippen molar-refractivity contribution in [1.29, 1.82) is 0 Å². The van der Waals surface area contributed by atoms with Gasteiger partial charge in [0.1, 0.15) is 5.82 Å². The summed E-state index contributed by atoms with van der Waals surface area (Å²) in [5, 5.41) is 1.83. The van der Waals surface area contributed by atoms with Gasteiger partial charge in [-0.1, -0.05) is 24.3 Å². The third-order valence-electron chi connectivity index (χ3n) is 4.02. The predicted octanol–water partition coefficient (Wildman–Crippen LogP) is 3.30. The number of benzene rings is 2. The second kappa shape index (κ2) is 4.84. The van der Waals surface area contributed by atoms with Crippen molar-refractivity contribution in [3.8, 4) is 0 Å². The highest BCUT2D eigenvalue weighted by molar-refractivity contribution is 5.86. The SMILES string of the molecule is Cc1cccc2[nH]cc(Cc3nc4ccccc4c(=O)[nH]3)c12. The van der Waals surface area contributed by atoms with E-state index in [2.05, 4.69) is 34.0 Å². The fourth-order valence-electron chi connectivity index (χ4n) is 2.99. The summed E-state index contributed by atoms with van der Waals surface area (Å²) in [6.45, 7) is 2.09. The van der Waals surface area contributed by atoms with Gasteiger partial charge in [0.15, 0.2) is 0 Å². The smallest absolute Gasteiger partial charge is 0.258 e. The summed E-state index contributed by atoms with van der Waals surface area (Å²) in [5.41, 5.74) is 4.12. The normalized spacial score (nSPS) is 11.3. The van der Waals surface area contributed by atoms with Crippen LogP contribution in [0.15, 0.2) is 53.5 Å². The van der Waals surface area contributed by atoms with E-state index in [1.54, 1.807) is 6.07 Å². The molecular formula is C18H15N3O. The molecule has 0 atom stereocenters. The van der Waals surface area contributed by atoms with E-state index in [4.69, 9.17) is 0 Å². The van der Waals surface area contributed by atoms with Gasteiger partial charge in [-0.25, -0.2) is 4.98 Å². The first kappa shape index (κ1) is 12.8. The summed E-state index contributed by atoms with van der Waals surface area (Å²) < 4.78 is 0. The molecule has 2 aromatic carbocycles. The monoisotopic (exact) mass is 289 g/mol. The lowest BCUT2D eigenvalue weighted by Crippen LogP contribution is -2.12. The second-order valence-corrected chi connectivity index (χ2v) is 5.52. The van der Waals surface area contributed by atoms with Crippen LogP contribution in [-0.2, 0) is 6.42 Å². The number of aryl methyl sites for hydroxylation is 1. The summed E-state index contributed by atoms with van der Waals surface area (Å²) >= 11 is 0. The van der Waals surface area contributed by atoms with Crippen molar-refractivity contribution >= 4 is 21.8 Å². The molecule has 4 heteroatoms. The van der Waals surface area contributed by atoms with Crippen LogP contribution in [-0.4, -0.2) is 15.0 Å². The maximum Gasteiger partial charge on any atom is 0.258 e. The van der Waals surface area contributed by atoms with Gasteiger partial charge in [0.05, 0.1) is 10.9 Å². The Hall–Kier alpha value is -2.88. The van der Waals surface area contributed by atoms with E-state index in [0.717, 1.165) is 16.6 Å². The van der Waals surface area contributed by atoms with Gasteiger partial charge >= 0.3 is 0 Å². The molecule has 108 valence electrons. The van der Waals surface area contributed by atoms with Crippen molar-refractivity contribution in [2.24, 2.45) is 0 Å². The number of nitrogens with zero attached hydrogens (tertiary/aromatic N) is 1. The molecule has 4 nitrogen and oxygen atoms in total. The lowest BCUT2D eigenvalue weighted by Gasteiger charge is -2.04. The van der Waals surface area contributed by atoms with Gasteiger partial charge in [-0.15, -0.1) is 0 Å². The van der Waals surface area contributed by atoms with Crippen molar-refractivity contribution in [2.75, 3.05) is 0 Å². The van der Waals surface area contributed by atoms with Crippen molar-refractivity contribution in [3.05, 3.63) is 76.0 Å². The number of hydrogen-bond acceptors (Lipinski definition) is 2. The summed E-state index contributed by atoms with van der Waals surface area (Å²) in [7, 11) is 0. The van der Waals surface area contributed by atoms with Crippen LogP contribution in [0.25, 0.3) is 21.8 Å². The summed E-state index contributed by atoms with van der Waals surface area (Å²) in [5.74, 6) is 0.688. The van der Waals surface area contributed by atoms with Crippen LogP contribution >= 0.6 is 0 Å². The zero-order chi connectivity index (χ0) is 15.1. The molecule has 2 heterocycles. The Labute approximate surface area is 126 Å². The Kier molecular flexibility index (Phi) is 2.82. The molecule has 0 fully saturated rings. The van der Waals surface area contributed by atoms with Gasteiger partial charge in [0.2, 0.25) is 0 Å². The van der Waals surface area contributed by atoms with Gasteiger partial charge in [0.25, 0.3) is 5.56 Å². The fraction of sp³-hybridized carbons (Fsp3) is 0.111. The van der Waals surface area contributed by atoms with E-state index in [1.165, 1.54) is 10.9 Å². The first-order valence-corrected chi connectivity index (χ1v) is 7.26. The van der Waals surface area contributed by atoms with Crippen LogP contribution in [0.3, 0.4) is 0 Å². The number of hydrogen-bond donors (Lipinski definition) is 2. The number of aromatic nitrogens is 3. The third-order valence-corrected chi connectivity index (χ3v) is 4.02. The average Bonchev–Trinajstić information content (AvgIpc) is 2.92. The maximum absolute atomic E-state index is 12.2. The second-order valence-electron chi connectivity index (χ2n) is 5.52. The van der Waals surface area contributed by atoms with Crippen LogP contribution in [0.4, 0.5) is 0 Å². The fourth-order valence-corrected chi connectivity index (χ4v) is 2.99. The Balaban J connectivity index is 1.84. The first-order valence-electron chi connectivity index (χ1n) is 7.26. The quantitative estimate of drug-likeness (QED) is 0.594. The Morgan fingerprint density at radius 3 is 2.86 bits per heavy atom. The van der Waals surface area contributed by atoms with Crippen LogP contribution in [0.2, 0.25) is 0 Å². The number of rotatable bonds is 2. The summed E-state index contributed by atoms with van der Waals surface area (Å²) in [4.78, 5) is 22.9. The summed E-state index contributed by atoms with van der Waals surface area (Å²) in [6, 6.07) is 13.6. The molecule has 0 unspecified atom stereocenters. The number of fused-ring (bicyclic) bond motifs is 2. The largest absolute Gasteiger partial charge is 0.361 e. The molecule has 2 N–H and O–H groups in total. The summed E-state index contributed by atoms with van der Waals surface area (Å²) in [6.07, 6.45) is 2.60. The van der Waals surface area contributed by atoms with Crippen LogP contribution in [0.5, 0.6) is 0 Å². The molecule has 0 saturated carbocycles. The Bertz CT molecular complexity index is 1040. The number of nitrogens with one attached hydrogen (secondary N) is 2. The third kappa shape index (κ3) is 2.00. The molecule has 0 aliphatic heterocycles. The van der Waals surface area contributed by atoms with E-state index >= 15 is 0 Å². The van der Waals surface area contributed by atoms with E-state index < -0.39 is 0 Å². The standard InChI is InChI=1S/C18H15N3O/c1-11-5-4-8-15-17(11)12(10-19-15)9-16-20-14-7-3-2-6-13(14)18(22)21-16/h2-8,10,19H,9H2,1H3,(H,20,21,22). The minimum absolute atomic E-state index is 0.0860. The van der Waals surface area contributed by atoms with E-state index in [1.807, 2.05) is 30.5 Å². The molecule has 0 aliphatic rings. The van der Waals surface area contributed by atoms with Gasteiger partial charge in [-0.2, -0.15) is 0 Å². The number of aromatic amines is 2. The minimum atomic E-state index is -0.0860. The molecule has 4 rings (SSSR count). The first-order chi connectivity index (χ1) is 10.7. The van der Waals surface area contributed by atoms with Crippen LogP contribution in [0.1, 0.15) is 17.0 Å². The topological polar surface area (TPSA) is 61.5 Å². The molecule has 4 aromatic rings. The molecular weight excluding hydrogens is 274 g/mol. The molecule has 2 aromatic heterocycles. The molecule has 22 heavy (non-hydrogen) atoms. The zero-order valence-corrected chi connectivity index (χ0v) is 12.2. The lowest BCUT2D eigenvalue weighted by atomic mass is 10.1. The van der Waals surface area contributed by atoms with Crippen molar-refractivity contribution < 1.29 is 0 Å². The molecule has 0 amide bonds. The average molecular weight is 289 g/mol. The molecule has 0 radical (unpaired) electrons. The number of para-hydroxylation sites is 1. The number of H-pyrrole nitrogens is 2.